The number of benzene rings is 7. The molecule has 0 saturated carbocycles. The molecule has 0 unspecified atom stereocenters. The van der Waals surface area contributed by atoms with Gasteiger partial charge in [-0.3, -0.25) is 9.11 Å². The Kier molecular flexibility index (Phi) is 19.4. The van der Waals surface area contributed by atoms with Crippen LogP contribution in [0.3, 0.4) is 0 Å². The van der Waals surface area contributed by atoms with Gasteiger partial charge in [0.25, 0.3) is 20.2 Å². The summed E-state index contributed by atoms with van der Waals surface area (Å²) in [6.07, 6.45) is 0.292. The van der Waals surface area contributed by atoms with Gasteiger partial charge >= 0.3 is 37.8 Å². The number of nitrogens with zero attached hydrogens (tertiary/aromatic N) is 7. The van der Waals surface area contributed by atoms with Crippen LogP contribution < -0.4 is 15.4 Å². The van der Waals surface area contributed by atoms with Gasteiger partial charge in [-0.2, -0.15) is 31.8 Å². The Morgan fingerprint density at radius 2 is 1.05 bits per heavy atom. The number of anilines is 4. The fourth-order valence-electron chi connectivity index (χ4n) is 6.62. The first-order chi connectivity index (χ1) is 35.8. The lowest BCUT2D eigenvalue weighted by atomic mass is 10.0. The van der Waals surface area contributed by atoms with Crippen LogP contribution in [0.15, 0.2) is 158 Å². The van der Waals surface area contributed by atoms with E-state index in [-0.39, 0.29) is 62.5 Å². The number of phenols is 2. The minimum absolute atomic E-state index is 0.0137. The Balaban J connectivity index is 0.000000806. The molecule has 8 aromatic rings. The molecule has 76 heavy (non-hydrogen) atoms. The van der Waals surface area contributed by atoms with Crippen molar-refractivity contribution in [2.24, 2.45) is 20.5 Å². The minimum Gasteiger partial charge on any atom is -0.507 e. The van der Waals surface area contributed by atoms with E-state index in [1.165, 1.54) is 61.7 Å². The zero-order valence-corrected chi connectivity index (χ0v) is 42.0. The van der Waals surface area contributed by atoms with Crippen molar-refractivity contribution in [1.82, 2.24) is 15.0 Å². The highest BCUT2D eigenvalue weighted by molar-refractivity contribution is 7.86. The monoisotopic (exact) mass is 1140 g/mol. The van der Waals surface area contributed by atoms with Crippen LogP contribution in [-0.4, -0.2) is 101 Å². The molecular weight excluding hydrogens is 1110 g/mol. The number of rotatable bonds is 13. The highest BCUT2D eigenvalue weighted by Crippen LogP contribution is 2.43. The summed E-state index contributed by atoms with van der Waals surface area (Å²) in [6, 6.07) is 32.2. The summed E-state index contributed by atoms with van der Waals surface area (Å²) >= 11 is 0. The van der Waals surface area contributed by atoms with Gasteiger partial charge in [-0.05, 0) is 89.0 Å². The van der Waals surface area contributed by atoms with Gasteiger partial charge in [0.1, 0.15) is 28.6 Å². The third kappa shape index (κ3) is 16.9. The second-order valence-electron chi connectivity index (χ2n) is 14.5. The predicted molar refractivity (Wildman–Crippen MR) is 265 cm³/mol. The number of phenolic OH excluding ortho intramolecular Hbond substituents is 2. The van der Waals surface area contributed by atoms with Gasteiger partial charge in [-0.25, -0.2) is 0 Å². The molecule has 7 aromatic carbocycles. The van der Waals surface area contributed by atoms with Crippen molar-refractivity contribution in [3.63, 3.8) is 0 Å². The van der Waals surface area contributed by atoms with Gasteiger partial charge in [0.2, 0.25) is 11.9 Å². The van der Waals surface area contributed by atoms with Crippen LogP contribution in [0.2, 0.25) is 0 Å². The fraction of sp³-hybridized carbons (Fsp3) is 0.0465. The summed E-state index contributed by atoms with van der Waals surface area (Å²) < 4.78 is 148. The molecule has 1 heterocycles. The van der Waals surface area contributed by atoms with Gasteiger partial charge < -0.3 is 30.7 Å². The lowest BCUT2D eigenvalue weighted by Crippen LogP contribution is -2.04. The molecule has 0 radical (unpaired) electrons. The van der Waals surface area contributed by atoms with Crippen LogP contribution >= 0.6 is 0 Å². The van der Waals surface area contributed by atoms with E-state index < -0.39 is 63.0 Å². The van der Waals surface area contributed by atoms with E-state index in [1.807, 2.05) is 18.2 Å². The molecule has 0 amide bonds. The predicted octanol–water partition coefficient (Wildman–Crippen LogP) is 6.69. The van der Waals surface area contributed by atoms with E-state index in [1.54, 1.807) is 48.5 Å². The Bertz CT molecular complexity index is 4090. The maximum Gasteiger partial charge on any atom is 0.425 e. The molecule has 0 atom stereocenters. The van der Waals surface area contributed by atoms with Crippen molar-refractivity contribution in [2.75, 3.05) is 17.7 Å². The van der Waals surface area contributed by atoms with E-state index in [0.29, 0.717) is 39.2 Å². The quantitative estimate of drug-likeness (QED) is 0.0466. The maximum absolute atomic E-state index is 11.7. The number of fused-ring (bicyclic) bond motifs is 2. The molecule has 0 fully saturated rings. The number of aromatic hydroxyl groups is 3. The van der Waals surface area contributed by atoms with Crippen molar-refractivity contribution in [3.8, 4) is 23.3 Å². The molecule has 33 heteroatoms. The number of methoxy groups -OCH3 is 1. The minimum atomic E-state index is -4.53. The van der Waals surface area contributed by atoms with E-state index in [4.69, 9.17) is 42.6 Å². The topological polar surface area (TPSA) is 444 Å². The second kappa shape index (κ2) is 25.6. The summed E-state index contributed by atoms with van der Waals surface area (Å²) in [6.45, 7) is 0. The molecule has 28 nitrogen and oxygen atoms in total. The number of azo groups is 2. The van der Waals surface area contributed by atoms with Crippen LogP contribution in [-0.2, 0) is 58.5 Å². The summed E-state index contributed by atoms with van der Waals surface area (Å²) in [5, 5.41) is 58.3. The molecule has 0 bridgehead atoms. The normalized spacial score (nSPS) is 11.1. The molecule has 0 saturated heterocycles. The zero-order valence-electron chi connectivity index (χ0n) is 38.0. The van der Waals surface area contributed by atoms with Crippen molar-refractivity contribution in [2.45, 2.75) is 16.2 Å². The standard InChI is InChI=1S/C43H33N9O10S2.3O3S/c1-62-38-23-35(51-49-32-12-3-7-27-8-4-13-37(53)39(27)32)34(45-42-46-41(47-43(55)48-42)44-28-9-5-11-30(21-28)64(59,60)61)22-36(38)52-50-33-17-16-26-15-14-25(20-31(26)40(33)54)18-24-6-2-10-29(19-24)63(56,57)58;3*1-4(2)3/h2-17,19-23,53-54H,18H2,1H3,(H,56,57,58)(H,59,60,61)(H3,44,45,46,47,48,55);;;. The zero-order chi connectivity index (χ0) is 55.9. The van der Waals surface area contributed by atoms with Crippen molar-refractivity contribution in [1.29, 1.82) is 0 Å². The molecule has 0 aliphatic rings. The average molecular weight is 1140 g/mol. The molecule has 1 aromatic heterocycles. The highest BCUT2D eigenvalue weighted by atomic mass is 32.2. The molecule has 0 spiro atoms. The molecule has 0 aliphatic heterocycles. The fourth-order valence-corrected chi connectivity index (χ4v) is 7.70. The first kappa shape index (κ1) is 57.6. The third-order valence-corrected chi connectivity index (χ3v) is 11.3. The molecule has 394 valence electrons. The van der Waals surface area contributed by atoms with Crippen LogP contribution in [0.5, 0.6) is 23.3 Å². The molecule has 0 aliphatic carbocycles. The van der Waals surface area contributed by atoms with Crippen LogP contribution in [0.1, 0.15) is 11.1 Å². The number of hydrogen-bond donors (Lipinski definition) is 7. The third-order valence-electron chi connectivity index (χ3n) is 9.59. The Hall–Kier alpha value is -9.25. The van der Waals surface area contributed by atoms with Crippen molar-refractivity contribution in [3.05, 3.63) is 139 Å². The number of hydrogen-bond acceptors (Lipinski definition) is 26. The van der Waals surface area contributed by atoms with Gasteiger partial charge in [0.15, 0.2) is 5.75 Å². The summed E-state index contributed by atoms with van der Waals surface area (Å²) in [5.41, 5.74) is 2.35. The van der Waals surface area contributed by atoms with Crippen molar-refractivity contribution < 1.29 is 83.9 Å². The Labute approximate surface area is 432 Å². The van der Waals surface area contributed by atoms with E-state index in [0.717, 1.165) is 11.6 Å². The lowest BCUT2D eigenvalue weighted by Gasteiger charge is -2.13. The average Bonchev–Trinajstić information content (AvgIpc) is 3.32. The Morgan fingerprint density at radius 3 is 1.68 bits per heavy atom. The summed E-state index contributed by atoms with van der Waals surface area (Å²) in [4.78, 5) is 11.5. The molecular formula is C43H33N9O19S5. The summed E-state index contributed by atoms with van der Waals surface area (Å²) in [7, 11) is -16.9. The largest absolute Gasteiger partial charge is 0.507 e. The van der Waals surface area contributed by atoms with E-state index >= 15 is 0 Å². The van der Waals surface area contributed by atoms with Gasteiger partial charge in [0, 0.05) is 17.1 Å². The van der Waals surface area contributed by atoms with Crippen LogP contribution in [0, 0.1) is 0 Å². The number of nitrogens with one attached hydrogen (secondary N) is 2. The van der Waals surface area contributed by atoms with Crippen LogP contribution in [0.25, 0.3) is 21.5 Å². The number of aromatic nitrogens is 3. The summed E-state index contributed by atoms with van der Waals surface area (Å²) in [5.74, 6) is -0.482. The molecule has 8 rings (SSSR count). The maximum atomic E-state index is 11.7. The van der Waals surface area contributed by atoms with E-state index in [2.05, 4.69) is 46.0 Å². The second-order valence-corrected chi connectivity index (χ2v) is 18.6. The molecule has 7 N–H and O–H groups in total. The SMILES string of the molecule is COc1cc(N=Nc2cccc3cccc(O)c23)c(Nc2nc(O)nc(Nc3cccc(S(=O)(=O)O)c3)n2)cc1N=Nc1ccc2ccc(Cc3cccc(S(=O)(=O)O)c3)cc2c1O.O=S(=O)=O.O=S(=O)=O.O=S(=O)=O. The first-order valence-electron chi connectivity index (χ1n) is 20.3. The van der Waals surface area contributed by atoms with Crippen LogP contribution in [0.4, 0.5) is 46.0 Å². The Morgan fingerprint density at radius 1 is 0.526 bits per heavy atom. The lowest BCUT2D eigenvalue weighted by molar-refractivity contribution is 0.416. The highest BCUT2D eigenvalue weighted by Gasteiger charge is 2.17. The first-order valence-corrected chi connectivity index (χ1v) is 26.1. The smallest absolute Gasteiger partial charge is 0.425 e. The van der Waals surface area contributed by atoms with Crippen molar-refractivity contribution >= 4 is 120 Å². The van der Waals surface area contributed by atoms with Gasteiger partial charge in [-0.15, -0.1) is 58.3 Å². The van der Waals surface area contributed by atoms with Gasteiger partial charge in [0.05, 0.1) is 33.7 Å². The number of ether oxygens (including phenoxy) is 1. The van der Waals surface area contributed by atoms with E-state index in [9.17, 15) is 41.3 Å². The van der Waals surface area contributed by atoms with Gasteiger partial charge in [-0.1, -0.05) is 60.7 Å².